The third-order valence-corrected chi connectivity index (χ3v) is 5.87. The first-order chi connectivity index (χ1) is 13.8. The lowest BCUT2D eigenvalue weighted by atomic mass is 9.93. The highest BCUT2D eigenvalue weighted by molar-refractivity contribution is 6.06. The van der Waals surface area contributed by atoms with Crippen LogP contribution in [0.4, 0.5) is 0 Å². The molecule has 0 fully saturated rings. The van der Waals surface area contributed by atoms with Gasteiger partial charge in [0, 0.05) is 30.9 Å². The number of rotatable bonds is 4. The molecule has 5 nitrogen and oxygen atoms in total. The topological polar surface area (TPSA) is 73.7 Å². The number of aromatic nitrogens is 1. The van der Waals surface area contributed by atoms with E-state index in [0.717, 1.165) is 36.2 Å². The van der Waals surface area contributed by atoms with E-state index in [1.54, 1.807) is 6.07 Å². The van der Waals surface area contributed by atoms with E-state index in [2.05, 4.69) is 18.7 Å². The van der Waals surface area contributed by atoms with Gasteiger partial charge in [0.05, 0.1) is 11.2 Å². The summed E-state index contributed by atoms with van der Waals surface area (Å²) in [6.07, 6.45) is 1.31. The normalized spacial score (nSPS) is 14.3. The van der Waals surface area contributed by atoms with E-state index < -0.39 is 5.97 Å². The van der Waals surface area contributed by atoms with Crippen LogP contribution in [0.3, 0.4) is 0 Å². The minimum Gasteiger partial charge on any atom is -0.505 e. The number of carboxylic acid groups (broad SMARTS) is 1. The molecule has 1 aliphatic heterocycles. The van der Waals surface area contributed by atoms with Crippen LogP contribution in [0.25, 0.3) is 10.9 Å². The van der Waals surface area contributed by atoms with Crippen molar-refractivity contribution in [1.82, 2.24) is 9.88 Å². The van der Waals surface area contributed by atoms with Crippen LogP contribution in [0.1, 0.15) is 52.2 Å². The van der Waals surface area contributed by atoms with Crippen molar-refractivity contribution >= 4 is 16.9 Å². The molecule has 0 spiro atoms. The zero-order valence-electron chi connectivity index (χ0n) is 17.1. The number of hydrogen-bond acceptors (Lipinski definition) is 4. The summed E-state index contributed by atoms with van der Waals surface area (Å²) in [6.45, 7) is 8.08. The van der Waals surface area contributed by atoms with Gasteiger partial charge in [-0.05, 0) is 43.9 Å². The Morgan fingerprint density at radius 2 is 1.90 bits per heavy atom. The number of aromatic hydroxyl groups is 1. The highest BCUT2D eigenvalue weighted by Gasteiger charge is 2.26. The zero-order chi connectivity index (χ0) is 20.7. The first kappa shape index (κ1) is 19.4. The number of pyridine rings is 1. The van der Waals surface area contributed by atoms with Crippen LogP contribution >= 0.6 is 0 Å². The minimum absolute atomic E-state index is 0.0541. The smallest absolute Gasteiger partial charge is 0.340 e. The van der Waals surface area contributed by atoms with Crippen molar-refractivity contribution < 1.29 is 15.0 Å². The fourth-order valence-corrected chi connectivity index (χ4v) is 4.10. The lowest BCUT2D eigenvalue weighted by Crippen LogP contribution is -2.36. The predicted molar refractivity (Wildman–Crippen MR) is 114 cm³/mol. The molecule has 0 saturated carbocycles. The molecule has 1 aromatic heterocycles. The summed E-state index contributed by atoms with van der Waals surface area (Å²) in [4.78, 5) is 19.2. The Hall–Kier alpha value is -2.92. The second kappa shape index (κ2) is 7.48. The fraction of sp³-hybridized carbons (Fsp3) is 0.333. The molecule has 2 N–H and O–H groups in total. The standard InChI is InChI=1S/C24H26N2O3/c1-14(2)26-11-10-17-8-9-18-21(24(28)29)23(27)20(25-22(18)19(17)13-26)12-16-6-4-15(3)5-7-16/h4-9,14,27H,10-13H2,1-3H3,(H,28,29). The number of carbonyl (C=O) groups is 1. The molecule has 29 heavy (non-hydrogen) atoms. The first-order valence-electron chi connectivity index (χ1n) is 10.0. The largest absolute Gasteiger partial charge is 0.505 e. The number of benzene rings is 2. The van der Waals surface area contributed by atoms with Gasteiger partial charge < -0.3 is 10.2 Å². The Balaban J connectivity index is 1.90. The second-order valence-electron chi connectivity index (χ2n) is 8.16. The van der Waals surface area contributed by atoms with Crippen molar-refractivity contribution in [2.75, 3.05) is 6.54 Å². The number of hydrogen-bond donors (Lipinski definition) is 2. The molecule has 0 amide bonds. The molecule has 1 aliphatic rings. The van der Waals surface area contributed by atoms with Crippen LogP contribution in [-0.4, -0.2) is 38.7 Å². The maximum absolute atomic E-state index is 12.0. The molecule has 2 aromatic carbocycles. The summed E-state index contributed by atoms with van der Waals surface area (Å²) in [5, 5.41) is 21.1. The van der Waals surface area contributed by atoms with Gasteiger partial charge in [0.2, 0.25) is 0 Å². The quantitative estimate of drug-likeness (QED) is 0.695. The monoisotopic (exact) mass is 390 g/mol. The molecule has 0 bridgehead atoms. The Bertz CT molecular complexity index is 1090. The van der Waals surface area contributed by atoms with Crippen LogP contribution in [0.15, 0.2) is 36.4 Å². The summed E-state index contributed by atoms with van der Waals surface area (Å²) in [5.41, 5.74) is 5.49. The highest BCUT2D eigenvalue weighted by atomic mass is 16.4. The molecule has 4 rings (SSSR count). The second-order valence-corrected chi connectivity index (χ2v) is 8.16. The lowest BCUT2D eigenvalue weighted by molar-refractivity contribution is 0.0695. The molecule has 0 aliphatic carbocycles. The molecule has 0 radical (unpaired) electrons. The Labute approximate surface area is 170 Å². The van der Waals surface area contributed by atoms with Gasteiger partial charge in [-0.25, -0.2) is 9.78 Å². The number of nitrogens with zero attached hydrogens (tertiary/aromatic N) is 2. The Kier molecular flexibility index (Phi) is 5.01. The van der Waals surface area contributed by atoms with Crippen LogP contribution in [-0.2, 0) is 19.4 Å². The van der Waals surface area contributed by atoms with Gasteiger partial charge in [-0.15, -0.1) is 0 Å². The number of aromatic carboxylic acids is 1. The molecule has 3 aromatic rings. The van der Waals surface area contributed by atoms with Gasteiger partial charge in [-0.3, -0.25) is 4.90 Å². The number of carboxylic acids is 1. The first-order valence-corrected chi connectivity index (χ1v) is 10.0. The highest BCUT2D eigenvalue weighted by Crippen LogP contribution is 2.35. The van der Waals surface area contributed by atoms with E-state index in [-0.39, 0.29) is 11.3 Å². The summed E-state index contributed by atoms with van der Waals surface area (Å²) >= 11 is 0. The SMILES string of the molecule is Cc1ccc(Cc2nc3c4c(ccc3c(C(=O)O)c2O)CCN(C(C)C)C4)cc1. The number of fused-ring (bicyclic) bond motifs is 3. The van der Waals surface area contributed by atoms with E-state index in [0.29, 0.717) is 29.1 Å². The van der Waals surface area contributed by atoms with E-state index in [9.17, 15) is 15.0 Å². The molecule has 0 atom stereocenters. The molecule has 0 unspecified atom stereocenters. The van der Waals surface area contributed by atoms with E-state index >= 15 is 0 Å². The van der Waals surface area contributed by atoms with E-state index in [1.165, 1.54) is 5.56 Å². The Morgan fingerprint density at radius 3 is 2.55 bits per heavy atom. The Morgan fingerprint density at radius 1 is 1.17 bits per heavy atom. The van der Waals surface area contributed by atoms with Gasteiger partial charge in [0.15, 0.2) is 5.75 Å². The van der Waals surface area contributed by atoms with Gasteiger partial charge in [-0.1, -0.05) is 42.0 Å². The molecule has 0 saturated heterocycles. The van der Waals surface area contributed by atoms with Crippen LogP contribution in [0.5, 0.6) is 5.75 Å². The third-order valence-electron chi connectivity index (χ3n) is 5.87. The molecular weight excluding hydrogens is 364 g/mol. The molecular formula is C24H26N2O3. The summed E-state index contributed by atoms with van der Waals surface area (Å²) in [7, 11) is 0. The van der Waals surface area contributed by atoms with E-state index in [1.807, 2.05) is 37.3 Å². The zero-order valence-corrected chi connectivity index (χ0v) is 17.1. The van der Waals surface area contributed by atoms with Crippen LogP contribution < -0.4 is 0 Å². The van der Waals surface area contributed by atoms with Crippen molar-refractivity contribution in [2.24, 2.45) is 0 Å². The van der Waals surface area contributed by atoms with Crippen molar-refractivity contribution in [3.63, 3.8) is 0 Å². The van der Waals surface area contributed by atoms with Crippen molar-refractivity contribution in [3.8, 4) is 5.75 Å². The van der Waals surface area contributed by atoms with Gasteiger partial charge in [0.1, 0.15) is 5.56 Å². The van der Waals surface area contributed by atoms with Crippen molar-refractivity contribution in [2.45, 2.75) is 46.2 Å². The van der Waals surface area contributed by atoms with Crippen LogP contribution in [0.2, 0.25) is 0 Å². The van der Waals surface area contributed by atoms with Gasteiger partial charge >= 0.3 is 5.97 Å². The summed E-state index contributed by atoms with van der Waals surface area (Å²) < 4.78 is 0. The average molecular weight is 390 g/mol. The minimum atomic E-state index is -1.13. The average Bonchev–Trinajstić information content (AvgIpc) is 2.69. The predicted octanol–water partition coefficient (Wildman–Crippen LogP) is 4.30. The summed E-state index contributed by atoms with van der Waals surface area (Å²) in [5.74, 6) is -1.36. The van der Waals surface area contributed by atoms with Crippen LogP contribution in [0, 0.1) is 6.92 Å². The maximum Gasteiger partial charge on any atom is 0.340 e. The van der Waals surface area contributed by atoms with Gasteiger partial charge in [0.25, 0.3) is 0 Å². The summed E-state index contributed by atoms with van der Waals surface area (Å²) in [6, 6.07) is 12.2. The van der Waals surface area contributed by atoms with Crippen molar-refractivity contribution in [3.05, 3.63) is 69.9 Å². The third kappa shape index (κ3) is 3.58. The van der Waals surface area contributed by atoms with Crippen molar-refractivity contribution in [1.29, 1.82) is 0 Å². The van der Waals surface area contributed by atoms with E-state index in [4.69, 9.17) is 4.98 Å². The number of aryl methyl sites for hydroxylation is 1. The molecule has 5 heteroatoms. The fourth-order valence-electron chi connectivity index (χ4n) is 4.10. The lowest BCUT2D eigenvalue weighted by Gasteiger charge is -2.32. The maximum atomic E-state index is 12.0. The molecule has 150 valence electrons. The van der Waals surface area contributed by atoms with Gasteiger partial charge in [-0.2, -0.15) is 0 Å². The molecule has 2 heterocycles.